The number of hydrogen-bond acceptors (Lipinski definition) is 7. The number of nitrogens with zero attached hydrogens (tertiary/aromatic N) is 2. The number of carbonyl (C=O) groups is 2. The molecule has 4 rings (SSSR count). The van der Waals surface area contributed by atoms with E-state index in [4.69, 9.17) is 9.15 Å². The summed E-state index contributed by atoms with van der Waals surface area (Å²) < 4.78 is 10.8. The number of aryl methyl sites for hydroxylation is 1. The molecule has 4 heterocycles. The Morgan fingerprint density at radius 3 is 3.00 bits per heavy atom. The molecular formula is C19H18N2O4S2. The molecule has 0 saturated carbocycles. The molecule has 0 aliphatic carbocycles. The highest BCUT2D eigenvalue weighted by Gasteiger charge is 2.23. The average Bonchev–Trinajstić information content (AvgIpc) is 3.40. The largest absolute Gasteiger partial charge is 0.455 e. The van der Waals surface area contributed by atoms with Gasteiger partial charge in [0.1, 0.15) is 5.76 Å². The minimum Gasteiger partial charge on any atom is -0.455 e. The summed E-state index contributed by atoms with van der Waals surface area (Å²) in [5.74, 6) is 0.436. The number of thiophene rings is 2. The van der Waals surface area contributed by atoms with E-state index in [2.05, 4.69) is 4.98 Å². The highest BCUT2D eigenvalue weighted by Crippen LogP contribution is 2.26. The van der Waals surface area contributed by atoms with Crippen LogP contribution in [0.25, 0.3) is 10.8 Å². The molecule has 0 fully saturated rings. The Kier molecular flexibility index (Phi) is 5.09. The van der Waals surface area contributed by atoms with Crippen LogP contribution in [0.2, 0.25) is 0 Å². The summed E-state index contributed by atoms with van der Waals surface area (Å²) in [6, 6.07) is 5.87. The van der Waals surface area contributed by atoms with Crippen molar-refractivity contribution in [1.82, 2.24) is 9.88 Å². The van der Waals surface area contributed by atoms with Crippen LogP contribution in [0.1, 0.15) is 21.9 Å². The van der Waals surface area contributed by atoms with Crippen molar-refractivity contribution in [2.75, 3.05) is 13.2 Å². The van der Waals surface area contributed by atoms with Crippen LogP contribution in [0.3, 0.4) is 0 Å². The third-order valence-electron chi connectivity index (χ3n) is 4.45. The van der Waals surface area contributed by atoms with E-state index >= 15 is 0 Å². The normalized spacial score (nSPS) is 13.4. The molecule has 0 aromatic carbocycles. The van der Waals surface area contributed by atoms with Gasteiger partial charge < -0.3 is 14.1 Å². The average molecular weight is 402 g/mol. The van der Waals surface area contributed by atoms with Crippen molar-refractivity contribution in [1.29, 1.82) is 0 Å². The molecule has 0 atom stereocenters. The van der Waals surface area contributed by atoms with Gasteiger partial charge in [0, 0.05) is 18.0 Å². The number of aromatic nitrogens is 1. The number of rotatable bonds is 5. The molecule has 8 heteroatoms. The van der Waals surface area contributed by atoms with E-state index in [1.807, 2.05) is 29.0 Å². The van der Waals surface area contributed by atoms with E-state index in [0.717, 1.165) is 11.3 Å². The second-order valence-electron chi connectivity index (χ2n) is 6.27. The number of carbonyl (C=O) groups excluding carboxylic acids is 2. The van der Waals surface area contributed by atoms with E-state index in [1.54, 1.807) is 23.2 Å². The van der Waals surface area contributed by atoms with Gasteiger partial charge in [0.25, 0.3) is 5.91 Å². The second-order valence-corrected chi connectivity index (χ2v) is 8.22. The van der Waals surface area contributed by atoms with Crippen molar-refractivity contribution in [3.63, 3.8) is 0 Å². The van der Waals surface area contributed by atoms with Crippen LogP contribution >= 0.6 is 22.7 Å². The van der Waals surface area contributed by atoms with E-state index in [1.165, 1.54) is 21.8 Å². The summed E-state index contributed by atoms with van der Waals surface area (Å²) in [5, 5.41) is 3.98. The molecule has 3 aromatic heterocycles. The second kappa shape index (κ2) is 7.66. The van der Waals surface area contributed by atoms with Crippen LogP contribution in [-0.2, 0) is 33.7 Å². The quantitative estimate of drug-likeness (QED) is 0.611. The standard InChI is InChI=1S/C19H18N2O4S2/c1-12-14(20-19(25-12)16-3-2-7-26-16)9-18(23)24-11-17(22)21-6-4-15-13(10-21)5-8-27-15/h2-3,5,7-8H,4,6,9-11H2,1H3. The van der Waals surface area contributed by atoms with Crippen molar-refractivity contribution < 1.29 is 18.7 Å². The molecule has 140 valence electrons. The van der Waals surface area contributed by atoms with Crippen LogP contribution in [0.15, 0.2) is 33.4 Å². The predicted molar refractivity (Wildman–Crippen MR) is 103 cm³/mol. The zero-order chi connectivity index (χ0) is 18.8. The molecule has 0 radical (unpaired) electrons. The van der Waals surface area contributed by atoms with Crippen molar-refractivity contribution in [3.8, 4) is 10.8 Å². The number of oxazole rings is 1. The van der Waals surface area contributed by atoms with Gasteiger partial charge in [-0.2, -0.15) is 0 Å². The first kappa shape index (κ1) is 17.9. The minimum atomic E-state index is -0.481. The van der Waals surface area contributed by atoms with E-state index in [-0.39, 0.29) is 18.9 Å². The molecule has 0 saturated heterocycles. The SMILES string of the molecule is Cc1oc(-c2cccs2)nc1CC(=O)OCC(=O)N1CCc2sccc2C1. The fraction of sp³-hybridized carbons (Fsp3) is 0.316. The fourth-order valence-electron chi connectivity index (χ4n) is 2.98. The first-order valence-electron chi connectivity index (χ1n) is 8.59. The van der Waals surface area contributed by atoms with Gasteiger partial charge in [0.15, 0.2) is 6.61 Å². The van der Waals surface area contributed by atoms with Gasteiger partial charge in [-0.3, -0.25) is 9.59 Å². The summed E-state index contributed by atoms with van der Waals surface area (Å²) in [6.45, 7) is 2.77. The lowest BCUT2D eigenvalue weighted by atomic mass is 10.1. The maximum Gasteiger partial charge on any atom is 0.312 e. The van der Waals surface area contributed by atoms with E-state index < -0.39 is 5.97 Å². The maximum absolute atomic E-state index is 12.3. The molecule has 0 unspecified atom stereocenters. The Balaban J connectivity index is 1.31. The number of hydrogen-bond donors (Lipinski definition) is 0. The Morgan fingerprint density at radius 2 is 2.19 bits per heavy atom. The van der Waals surface area contributed by atoms with Gasteiger partial charge in [-0.05, 0) is 41.8 Å². The lowest BCUT2D eigenvalue weighted by Crippen LogP contribution is -2.38. The summed E-state index contributed by atoms with van der Waals surface area (Å²) in [5.41, 5.74) is 1.72. The monoisotopic (exact) mass is 402 g/mol. The Labute approximate surface area is 164 Å². The van der Waals surface area contributed by atoms with Gasteiger partial charge in [0.2, 0.25) is 5.89 Å². The van der Waals surface area contributed by atoms with Crippen LogP contribution in [0.4, 0.5) is 0 Å². The van der Waals surface area contributed by atoms with E-state index in [9.17, 15) is 9.59 Å². The van der Waals surface area contributed by atoms with Gasteiger partial charge in [-0.15, -0.1) is 22.7 Å². The van der Waals surface area contributed by atoms with Gasteiger partial charge >= 0.3 is 5.97 Å². The zero-order valence-electron chi connectivity index (χ0n) is 14.8. The lowest BCUT2D eigenvalue weighted by Gasteiger charge is -2.26. The summed E-state index contributed by atoms with van der Waals surface area (Å²) >= 11 is 3.24. The highest BCUT2D eigenvalue weighted by atomic mass is 32.1. The van der Waals surface area contributed by atoms with Crippen molar-refractivity contribution in [3.05, 3.63) is 50.9 Å². The first-order chi connectivity index (χ1) is 13.1. The summed E-state index contributed by atoms with van der Waals surface area (Å²) in [6.07, 6.45) is 0.846. The number of ether oxygens (including phenoxy) is 1. The van der Waals surface area contributed by atoms with Crippen molar-refractivity contribution >= 4 is 34.6 Å². The third kappa shape index (κ3) is 3.96. The minimum absolute atomic E-state index is 0.0112. The molecule has 27 heavy (non-hydrogen) atoms. The third-order valence-corrected chi connectivity index (χ3v) is 6.33. The van der Waals surface area contributed by atoms with Gasteiger partial charge in [-0.25, -0.2) is 4.98 Å². The zero-order valence-corrected chi connectivity index (χ0v) is 16.4. The van der Waals surface area contributed by atoms with Crippen molar-refractivity contribution in [2.24, 2.45) is 0 Å². The number of fused-ring (bicyclic) bond motifs is 1. The molecule has 1 amide bonds. The molecule has 0 bridgehead atoms. The first-order valence-corrected chi connectivity index (χ1v) is 10.3. The van der Waals surface area contributed by atoms with E-state index in [0.29, 0.717) is 30.4 Å². The van der Waals surface area contributed by atoms with Crippen LogP contribution in [0.5, 0.6) is 0 Å². The van der Waals surface area contributed by atoms with Crippen LogP contribution < -0.4 is 0 Å². The van der Waals surface area contributed by atoms with Crippen LogP contribution in [0, 0.1) is 6.92 Å². The topological polar surface area (TPSA) is 72.6 Å². The van der Waals surface area contributed by atoms with Gasteiger partial charge in [-0.1, -0.05) is 6.07 Å². The molecule has 0 spiro atoms. The highest BCUT2D eigenvalue weighted by molar-refractivity contribution is 7.13. The van der Waals surface area contributed by atoms with Crippen LogP contribution in [-0.4, -0.2) is 34.9 Å². The summed E-state index contributed by atoms with van der Waals surface area (Å²) in [4.78, 5) is 32.8. The Hall–Kier alpha value is -2.45. The summed E-state index contributed by atoms with van der Waals surface area (Å²) in [7, 11) is 0. The fourth-order valence-corrected chi connectivity index (χ4v) is 4.52. The molecule has 1 aliphatic rings. The molecule has 3 aromatic rings. The molecule has 6 nitrogen and oxygen atoms in total. The molecular weight excluding hydrogens is 384 g/mol. The lowest BCUT2D eigenvalue weighted by molar-refractivity contribution is -0.151. The Bertz CT molecular complexity index is 958. The molecule has 0 N–H and O–H groups in total. The van der Waals surface area contributed by atoms with Crippen molar-refractivity contribution in [2.45, 2.75) is 26.3 Å². The molecule has 1 aliphatic heterocycles. The van der Waals surface area contributed by atoms with Gasteiger partial charge in [0.05, 0.1) is 17.0 Å². The number of esters is 1. The maximum atomic E-state index is 12.3. The smallest absolute Gasteiger partial charge is 0.312 e. The Morgan fingerprint density at radius 1 is 1.30 bits per heavy atom. The number of amides is 1. The predicted octanol–water partition coefficient (Wildman–Crippen LogP) is 3.44.